The van der Waals surface area contributed by atoms with E-state index in [-0.39, 0.29) is 23.6 Å². The fraction of sp³-hybridized carbons (Fsp3) is 0.640. The van der Waals surface area contributed by atoms with Crippen LogP contribution in [0.4, 0.5) is 0 Å². The van der Waals surface area contributed by atoms with Crippen LogP contribution in [0.1, 0.15) is 55.5 Å². The molecule has 0 aliphatic carbocycles. The first kappa shape index (κ1) is 24.2. The molecule has 7 heteroatoms. The molecule has 2 fully saturated rings. The summed E-state index contributed by atoms with van der Waals surface area (Å²) in [5.74, 6) is -0.0624. The van der Waals surface area contributed by atoms with Crippen molar-refractivity contribution in [2.75, 3.05) is 45.8 Å². The second-order valence-electron chi connectivity index (χ2n) is 9.41. The number of likely N-dealkylation sites (tertiary alicyclic amines) is 1. The van der Waals surface area contributed by atoms with Crippen LogP contribution in [0.2, 0.25) is 0 Å². The fourth-order valence-electron chi connectivity index (χ4n) is 4.49. The van der Waals surface area contributed by atoms with E-state index in [2.05, 4.69) is 10.2 Å². The molecule has 7 nitrogen and oxygen atoms in total. The summed E-state index contributed by atoms with van der Waals surface area (Å²) in [5, 5.41) is 2.96. The maximum Gasteiger partial charge on any atom is 0.252 e. The van der Waals surface area contributed by atoms with Gasteiger partial charge in [0.1, 0.15) is 6.04 Å². The third-order valence-electron chi connectivity index (χ3n) is 6.61. The highest BCUT2D eigenvalue weighted by Gasteiger charge is 2.32. The maximum absolute atomic E-state index is 13.2. The molecule has 0 bridgehead atoms. The van der Waals surface area contributed by atoms with E-state index in [4.69, 9.17) is 0 Å². The molecule has 2 heterocycles. The number of carbonyl (C=O) groups is 3. The first-order chi connectivity index (χ1) is 15.4. The third kappa shape index (κ3) is 6.31. The predicted octanol–water partition coefficient (Wildman–Crippen LogP) is 2.30. The standard InChI is InChI=1S/C25H38N4O3/c1-19(2)23(26-24(31)21-11-7-6-10-20(21)3)25(32)29-16-14-27(15-17-29)18-22(30)28-12-8-4-5-9-13-28/h6-7,10-11,19,23H,4-5,8-9,12-18H2,1-3H3,(H,26,31). The van der Waals surface area contributed by atoms with Crippen molar-refractivity contribution in [2.45, 2.75) is 52.5 Å². The molecule has 1 unspecified atom stereocenters. The van der Waals surface area contributed by atoms with Gasteiger partial charge in [-0.25, -0.2) is 0 Å². The summed E-state index contributed by atoms with van der Waals surface area (Å²) in [4.78, 5) is 44.7. The molecule has 1 N–H and O–H groups in total. The summed E-state index contributed by atoms with van der Waals surface area (Å²) < 4.78 is 0. The summed E-state index contributed by atoms with van der Waals surface area (Å²) in [6, 6.07) is 6.85. The minimum absolute atomic E-state index is 0.0156. The van der Waals surface area contributed by atoms with Crippen LogP contribution < -0.4 is 5.32 Å². The van der Waals surface area contributed by atoms with Gasteiger partial charge < -0.3 is 15.1 Å². The Balaban J connectivity index is 1.52. The van der Waals surface area contributed by atoms with Crippen molar-refractivity contribution in [3.63, 3.8) is 0 Å². The Kier molecular flexibility index (Phi) is 8.67. The van der Waals surface area contributed by atoms with Gasteiger partial charge in [-0.15, -0.1) is 0 Å². The Labute approximate surface area is 192 Å². The molecular formula is C25H38N4O3. The Morgan fingerprint density at radius 3 is 2.09 bits per heavy atom. The van der Waals surface area contributed by atoms with Gasteiger partial charge in [0.25, 0.3) is 5.91 Å². The van der Waals surface area contributed by atoms with Crippen molar-refractivity contribution in [3.8, 4) is 0 Å². The molecule has 0 radical (unpaired) electrons. The highest BCUT2D eigenvalue weighted by molar-refractivity contribution is 5.98. The molecule has 3 rings (SSSR count). The zero-order valence-electron chi connectivity index (χ0n) is 19.8. The van der Waals surface area contributed by atoms with E-state index in [0.29, 0.717) is 38.3 Å². The van der Waals surface area contributed by atoms with Gasteiger partial charge in [-0.05, 0) is 37.3 Å². The average molecular weight is 443 g/mol. The average Bonchev–Trinajstić information content (AvgIpc) is 3.07. The van der Waals surface area contributed by atoms with Crippen LogP contribution in [0.3, 0.4) is 0 Å². The molecule has 2 aliphatic rings. The lowest BCUT2D eigenvalue weighted by molar-refractivity contribution is -0.137. The highest BCUT2D eigenvalue weighted by Crippen LogP contribution is 2.14. The molecular weight excluding hydrogens is 404 g/mol. The van der Waals surface area contributed by atoms with Gasteiger partial charge in [0.15, 0.2) is 0 Å². The number of benzene rings is 1. The van der Waals surface area contributed by atoms with Gasteiger partial charge in [0.05, 0.1) is 6.54 Å². The number of amides is 3. The lowest BCUT2D eigenvalue weighted by Crippen LogP contribution is -2.57. The molecule has 1 atom stereocenters. The van der Waals surface area contributed by atoms with Crippen LogP contribution in [0.15, 0.2) is 24.3 Å². The highest BCUT2D eigenvalue weighted by atomic mass is 16.2. The van der Waals surface area contributed by atoms with Gasteiger partial charge in [-0.1, -0.05) is 44.9 Å². The molecule has 2 saturated heterocycles. The minimum Gasteiger partial charge on any atom is -0.342 e. The Bertz CT molecular complexity index is 794. The largest absolute Gasteiger partial charge is 0.342 e. The van der Waals surface area contributed by atoms with Crippen molar-refractivity contribution in [1.82, 2.24) is 20.0 Å². The van der Waals surface area contributed by atoms with Crippen LogP contribution in [0.25, 0.3) is 0 Å². The van der Waals surface area contributed by atoms with Gasteiger partial charge in [-0.2, -0.15) is 0 Å². The van der Waals surface area contributed by atoms with Gasteiger partial charge >= 0.3 is 0 Å². The van der Waals surface area contributed by atoms with Gasteiger partial charge in [0, 0.05) is 44.8 Å². The summed E-state index contributed by atoms with van der Waals surface area (Å²) in [6.45, 7) is 10.5. The van der Waals surface area contributed by atoms with Crippen molar-refractivity contribution in [3.05, 3.63) is 35.4 Å². The van der Waals surface area contributed by atoms with Crippen LogP contribution in [0.5, 0.6) is 0 Å². The molecule has 1 aromatic rings. The molecule has 32 heavy (non-hydrogen) atoms. The third-order valence-corrected chi connectivity index (χ3v) is 6.61. The first-order valence-electron chi connectivity index (χ1n) is 12.0. The predicted molar refractivity (Wildman–Crippen MR) is 125 cm³/mol. The fourth-order valence-corrected chi connectivity index (χ4v) is 4.49. The Hall–Kier alpha value is -2.41. The number of rotatable bonds is 6. The number of hydrogen-bond donors (Lipinski definition) is 1. The van der Waals surface area contributed by atoms with E-state index in [9.17, 15) is 14.4 Å². The zero-order valence-corrected chi connectivity index (χ0v) is 19.8. The SMILES string of the molecule is Cc1ccccc1C(=O)NC(C(=O)N1CCN(CC(=O)N2CCCCCC2)CC1)C(C)C. The van der Waals surface area contributed by atoms with E-state index >= 15 is 0 Å². The van der Waals surface area contributed by atoms with Gasteiger partial charge in [0.2, 0.25) is 11.8 Å². The van der Waals surface area contributed by atoms with Crippen molar-refractivity contribution < 1.29 is 14.4 Å². The number of nitrogens with one attached hydrogen (secondary N) is 1. The minimum atomic E-state index is -0.563. The molecule has 0 saturated carbocycles. The Morgan fingerprint density at radius 1 is 0.875 bits per heavy atom. The normalized spacial score (nSPS) is 18.9. The van der Waals surface area contributed by atoms with Crippen LogP contribution in [-0.2, 0) is 9.59 Å². The van der Waals surface area contributed by atoms with E-state index < -0.39 is 6.04 Å². The second kappa shape index (κ2) is 11.5. The van der Waals surface area contributed by atoms with Crippen LogP contribution in [-0.4, -0.2) is 84.3 Å². The number of piperazine rings is 1. The van der Waals surface area contributed by atoms with Crippen molar-refractivity contribution in [1.29, 1.82) is 0 Å². The van der Waals surface area contributed by atoms with E-state index in [1.165, 1.54) is 12.8 Å². The van der Waals surface area contributed by atoms with E-state index in [0.717, 1.165) is 31.5 Å². The number of hydrogen-bond acceptors (Lipinski definition) is 4. The first-order valence-corrected chi connectivity index (χ1v) is 12.0. The molecule has 0 spiro atoms. The summed E-state index contributed by atoms with van der Waals surface area (Å²) in [5.41, 5.74) is 1.49. The summed E-state index contributed by atoms with van der Waals surface area (Å²) in [7, 11) is 0. The van der Waals surface area contributed by atoms with E-state index in [1.54, 1.807) is 6.07 Å². The number of aryl methyl sites for hydroxylation is 1. The van der Waals surface area contributed by atoms with Crippen LogP contribution in [0, 0.1) is 12.8 Å². The lowest BCUT2D eigenvalue weighted by atomic mass is 10.0. The van der Waals surface area contributed by atoms with E-state index in [1.807, 2.05) is 48.8 Å². The molecule has 2 aliphatic heterocycles. The van der Waals surface area contributed by atoms with Gasteiger partial charge in [-0.3, -0.25) is 19.3 Å². The molecule has 3 amide bonds. The zero-order chi connectivity index (χ0) is 23.1. The molecule has 0 aromatic heterocycles. The Morgan fingerprint density at radius 2 is 1.50 bits per heavy atom. The van der Waals surface area contributed by atoms with Crippen LogP contribution >= 0.6 is 0 Å². The summed E-state index contributed by atoms with van der Waals surface area (Å²) >= 11 is 0. The quantitative estimate of drug-likeness (QED) is 0.734. The monoisotopic (exact) mass is 442 g/mol. The van der Waals surface area contributed by atoms with Crippen molar-refractivity contribution >= 4 is 17.7 Å². The molecule has 1 aromatic carbocycles. The second-order valence-corrected chi connectivity index (χ2v) is 9.41. The maximum atomic E-state index is 13.2. The smallest absolute Gasteiger partial charge is 0.252 e. The van der Waals surface area contributed by atoms with Crippen molar-refractivity contribution in [2.24, 2.45) is 5.92 Å². The molecule has 176 valence electrons. The topological polar surface area (TPSA) is 73.0 Å². The number of carbonyl (C=O) groups excluding carboxylic acids is 3. The summed E-state index contributed by atoms with van der Waals surface area (Å²) in [6.07, 6.45) is 4.61. The number of nitrogens with zero attached hydrogens (tertiary/aromatic N) is 3. The lowest BCUT2D eigenvalue weighted by Gasteiger charge is -2.37.